The van der Waals surface area contributed by atoms with E-state index in [0.717, 1.165) is 17.7 Å². The Kier molecular flexibility index (Phi) is 7.48. The number of benzene rings is 9. The first-order valence-corrected chi connectivity index (χ1v) is 20.4. The van der Waals surface area contributed by atoms with Crippen molar-refractivity contribution in [3.05, 3.63) is 235 Å². The number of hydrogen-bond donors (Lipinski definition) is 0. The van der Waals surface area contributed by atoms with Crippen molar-refractivity contribution < 1.29 is 0 Å². The van der Waals surface area contributed by atoms with Crippen molar-refractivity contribution in [1.29, 1.82) is 0 Å². The molecule has 0 atom stereocenters. The van der Waals surface area contributed by atoms with Gasteiger partial charge in [-0.3, -0.25) is 0 Å². The normalized spacial score (nSPS) is 12.2. The third kappa shape index (κ3) is 5.27. The van der Waals surface area contributed by atoms with Gasteiger partial charge in [-0.2, -0.15) is 0 Å². The third-order valence-electron chi connectivity index (χ3n) is 12.5. The Morgan fingerprint density at radius 1 is 0.339 bits per heavy atom. The molecule has 0 N–H and O–H groups in total. The van der Waals surface area contributed by atoms with Crippen molar-refractivity contribution in [2.75, 3.05) is 0 Å². The molecule has 12 rings (SSSR count). The number of nitrogens with zero attached hydrogens (tertiary/aromatic N) is 2. The van der Waals surface area contributed by atoms with Gasteiger partial charge in [0.2, 0.25) is 0 Å². The van der Waals surface area contributed by atoms with Crippen LogP contribution in [0.15, 0.2) is 213 Å². The first kappa shape index (κ1) is 33.5. The molecule has 0 spiro atoms. The van der Waals surface area contributed by atoms with Gasteiger partial charge in [0.25, 0.3) is 0 Å². The van der Waals surface area contributed by atoms with Gasteiger partial charge in [-0.25, -0.2) is 0 Å². The van der Waals surface area contributed by atoms with Crippen molar-refractivity contribution in [3.63, 3.8) is 0 Å². The van der Waals surface area contributed by atoms with Gasteiger partial charge in [-0.05, 0) is 128 Å². The van der Waals surface area contributed by atoms with Crippen LogP contribution in [0, 0.1) is 0 Å². The molecule has 2 nitrogen and oxygen atoms in total. The van der Waals surface area contributed by atoms with Crippen molar-refractivity contribution in [2.45, 2.75) is 6.42 Å². The summed E-state index contributed by atoms with van der Waals surface area (Å²) in [6.45, 7) is 4.54. The molecule has 0 saturated heterocycles. The Balaban J connectivity index is 0.962. The average Bonchev–Trinajstić information content (AvgIpc) is 3.92. The second-order valence-electron chi connectivity index (χ2n) is 15.8. The smallest absolute Gasteiger partial charge is 0.0547 e. The fraction of sp³-hybridized carbons (Fsp3) is 0.0175. The van der Waals surface area contributed by atoms with E-state index < -0.39 is 0 Å². The molecule has 0 fully saturated rings. The number of fused-ring (bicyclic) bond motifs is 9. The Morgan fingerprint density at radius 3 is 1.59 bits per heavy atom. The Labute approximate surface area is 343 Å². The van der Waals surface area contributed by atoms with Crippen molar-refractivity contribution in [2.24, 2.45) is 0 Å². The fourth-order valence-electron chi connectivity index (χ4n) is 9.77. The van der Waals surface area contributed by atoms with Crippen LogP contribution in [-0.2, 0) is 6.42 Å². The zero-order chi connectivity index (χ0) is 39.0. The lowest BCUT2D eigenvalue weighted by molar-refractivity contribution is 1.18. The summed E-state index contributed by atoms with van der Waals surface area (Å²) in [6.07, 6.45) is 0.845. The second-order valence-corrected chi connectivity index (χ2v) is 15.8. The monoisotopic (exact) mass is 750 g/mol. The average molecular weight is 751 g/mol. The summed E-state index contributed by atoms with van der Waals surface area (Å²) in [5.41, 5.74) is 20.8. The minimum Gasteiger partial charge on any atom is -0.309 e. The highest BCUT2D eigenvalue weighted by Crippen LogP contribution is 2.45. The summed E-state index contributed by atoms with van der Waals surface area (Å²) in [4.78, 5) is 0. The molecule has 1 aliphatic carbocycles. The minimum atomic E-state index is 0.845. The van der Waals surface area contributed by atoms with Gasteiger partial charge in [0.15, 0.2) is 0 Å². The van der Waals surface area contributed by atoms with E-state index in [9.17, 15) is 0 Å². The van der Waals surface area contributed by atoms with E-state index in [-0.39, 0.29) is 0 Å². The molecule has 9 aromatic carbocycles. The molecule has 0 radical (unpaired) electrons. The van der Waals surface area contributed by atoms with Gasteiger partial charge in [0, 0.05) is 32.9 Å². The quantitative estimate of drug-likeness (QED) is 0.160. The van der Waals surface area contributed by atoms with Crippen molar-refractivity contribution in [1.82, 2.24) is 9.13 Å². The van der Waals surface area contributed by atoms with Gasteiger partial charge < -0.3 is 9.13 Å². The molecule has 276 valence electrons. The predicted molar refractivity (Wildman–Crippen MR) is 249 cm³/mol. The molecular formula is C57H38N2. The van der Waals surface area contributed by atoms with Crippen LogP contribution in [0.1, 0.15) is 22.3 Å². The van der Waals surface area contributed by atoms with Crippen LogP contribution in [0.2, 0.25) is 0 Å². The molecule has 11 aromatic rings. The standard InChI is InChI=1S/C57H38N2/c1-37-46-21-8-9-22-47(46)50-24-13-16-43(57(37)50)33-38-14-12-15-39(32-38)42-26-29-49-52-35-41(28-31-55(52)59(56(49)36-42)45-19-6-3-7-20-45)40-27-30-54-51(34-40)48-23-10-11-25-53(48)58(54)44-17-4-2-5-18-44/h2-32,34-36H,1,33H2. The largest absolute Gasteiger partial charge is 0.309 e. The first-order chi connectivity index (χ1) is 29.2. The van der Waals surface area contributed by atoms with E-state index >= 15 is 0 Å². The maximum atomic E-state index is 4.54. The number of rotatable bonds is 6. The highest BCUT2D eigenvalue weighted by Gasteiger charge is 2.24. The summed E-state index contributed by atoms with van der Waals surface area (Å²) in [5, 5.41) is 5.00. The molecular weight excluding hydrogens is 713 g/mol. The van der Waals surface area contributed by atoms with Crippen molar-refractivity contribution >= 4 is 49.2 Å². The van der Waals surface area contributed by atoms with E-state index in [1.165, 1.54) is 105 Å². The summed E-state index contributed by atoms with van der Waals surface area (Å²) < 4.78 is 4.80. The van der Waals surface area contributed by atoms with Crippen LogP contribution in [0.25, 0.3) is 93.9 Å². The molecule has 1 aliphatic rings. The summed E-state index contributed by atoms with van der Waals surface area (Å²) in [7, 11) is 0. The zero-order valence-corrected chi connectivity index (χ0v) is 32.4. The van der Waals surface area contributed by atoms with E-state index in [2.05, 4.69) is 222 Å². The summed E-state index contributed by atoms with van der Waals surface area (Å²) in [5.74, 6) is 0. The minimum absolute atomic E-state index is 0.845. The van der Waals surface area contributed by atoms with Gasteiger partial charge in [0.05, 0.1) is 22.1 Å². The predicted octanol–water partition coefficient (Wildman–Crippen LogP) is 14.8. The van der Waals surface area contributed by atoms with E-state index in [0.29, 0.717) is 0 Å². The summed E-state index contributed by atoms with van der Waals surface area (Å²) in [6, 6.07) is 75.5. The fourth-order valence-corrected chi connectivity index (χ4v) is 9.77. The third-order valence-corrected chi connectivity index (χ3v) is 12.5. The van der Waals surface area contributed by atoms with Crippen LogP contribution in [0.3, 0.4) is 0 Å². The SMILES string of the molecule is C=C1c2ccccc2-c2cccc(Cc3cccc(-c4ccc5c6cc(-c7ccc8c(c7)c7ccccc7n8-c7ccccc7)ccc6n(-c6ccccc6)c5c4)c3)c21. The van der Waals surface area contributed by atoms with Crippen LogP contribution < -0.4 is 0 Å². The van der Waals surface area contributed by atoms with Gasteiger partial charge in [-0.15, -0.1) is 0 Å². The first-order valence-electron chi connectivity index (χ1n) is 20.4. The topological polar surface area (TPSA) is 9.86 Å². The van der Waals surface area contributed by atoms with Crippen molar-refractivity contribution in [3.8, 4) is 44.8 Å². The molecule has 0 amide bonds. The molecule has 0 aliphatic heterocycles. The van der Waals surface area contributed by atoms with Crippen LogP contribution in [-0.4, -0.2) is 9.13 Å². The lowest BCUT2D eigenvalue weighted by atomic mass is 9.93. The highest BCUT2D eigenvalue weighted by atomic mass is 15.0. The molecule has 2 heterocycles. The molecule has 2 heteroatoms. The zero-order valence-electron chi connectivity index (χ0n) is 32.4. The van der Waals surface area contributed by atoms with E-state index in [4.69, 9.17) is 0 Å². The molecule has 59 heavy (non-hydrogen) atoms. The number of hydrogen-bond acceptors (Lipinski definition) is 0. The Bertz CT molecular complexity index is 3470. The molecule has 0 saturated carbocycles. The van der Waals surface area contributed by atoms with Crippen LogP contribution >= 0.6 is 0 Å². The molecule has 0 unspecified atom stereocenters. The van der Waals surface area contributed by atoms with E-state index in [1.807, 2.05) is 0 Å². The number of aromatic nitrogens is 2. The second kappa shape index (κ2) is 13.2. The van der Waals surface area contributed by atoms with E-state index in [1.54, 1.807) is 0 Å². The van der Waals surface area contributed by atoms with Crippen LogP contribution in [0.5, 0.6) is 0 Å². The molecule has 0 bridgehead atoms. The summed E-state index contributed by atoms with van der Waals surface area (Å²) >= 11 is 0. The Hall–Kier alpha value is -7.68. The lowest BCUT2D eigenvalue weighted by Crippen LogP contribution is -1.95. The van der Waals surface area contributed by atoms with Gasteiger partial charge >= 0.3 is 0 Å². The highest BCUT2D eigenvalue weighted by molar-refractivity contribution is 6.13. The van der Waals surface area contributed by atoms with Gasteiger partial charge in [-0.1, -0.05) is 152 Å². The Morgan fingerprint density at radius 2 is 0.864 bits per heavy atom. The molecule has 2 aromatic heterocycles. The maximum Gasteiger partial charge on any atom is 0.0547 e. The lowest BCUT2D eigenvalue weighted by Gasteiger charge is -2.12. The maximum absolute atomic E-state index is 4.54. The number of para-hydroxylation sites is 3. The van der Waals surface area contributed by atoms with Gasteiger partial charge in [0.1, 0.15) is 0 Å². The van der Waals surface area contributed by atoms with Crippen LogP contribution in [0.4, 0.5) is 0 Å².